The monoisotopic (exact) mass is 278 g/mol. The second kappa shape index (κ2) is 4.84. The third kappa shape index (κ3) is 2.18. The third-order valence-corrected chi connectivity index (χ3v) is 3.37. The lowest BCUT2D eigenvalue weighted by Gasteiger charge is -2.15. The average molecular weight is 278 g/mol. The van der Waals surface area contributed by atoms with Crippen LogP contribution >= 0.6 is 0 Å². The van der Waals surface area contributed by atoms with Crippen LogP contribution in [0, 0.1) is 10.1 Å². The number of nitro groups is 1. The first kappa shape index (κ1) is 13.9. The number of nitrogens with zero attached hydrogens (tertiary/aromatic N) is 1. The molecule has 20 heavy (non-hydrogen) atoms. The minimum atomic E-state index is -2.06. The van der Waals surface area contributed by atoms with Gasteiger partial charge >= 0.3 is 11.5 Å². The minimum absolute atomic E-state index is 0.206. The molecule has 1 heterocycles. The van der Waals surface area contributed by atoms with E-state index in [4.69, 9.17) is 9.84 Å². The van der Waals surface area contributed by atoms with Crippen molar-refractivity contribution in [1.29, 1.82) is 0 Å². The highest BCUT2D eigenvalue weighted by molar-refractivity contribution is 5.86. The molecule has 0 bridgehead atoms. The zero-order valence-electron chi connectivity index (χ0n) is 11.0. The van der Waals surface area contributed by atoms with Gasteiger partial charge in [-0.2, -0.15) is 0 Å². The topological polar surface area (TPSA) is 105 Å². The van der Waals surface area contributed by atoms with E-state index in [0.29, 0.717) is 11.3 Å². The van der Waals surface area contributed by atoms with Crippen LogP contribution in [0.5, 0.6) is 5.75 Å². The molecule has 1 aromatic carbocycles. The van der Waals surface area contributed by atoms with Crippen LogP contribution in [0.25, 0.3) is 10.9 Å². The number of methoxy groups -OCH3 is 1. The molecule has 0 aliphatic heterocycles. The minimum Gasteiger partial charge on any atom is -0.497 e. The lowest BCUT2D eigenvalue weighted by molar-refractivity contribution is -0.550. The van der Waals surface area contributed by atoms with Gasteiger partial charge in [0.25, 0.3) is 0 Å². The number of nitrogens with one attached hydrogen (secondary N) is 1. The molecule has 0 saturated heterocycles. The molecule has 106 valence electrons. The van der Waals surface area contributed by atoms with Gasteiger partial charge in [0.15, 0.2) is 0 Å². The summed E-state index contributed by atoms with van der Waals surface area (Å²) in [6.45, 7) is 1.11. The number of H-pyrrole nitrogens is 1. The summed E-state index contributed by atoms with van der Waals surface area (Å²) in [5.74, 6) is -0.851. The van der Waals surface area contributed by atoms with Gasteiger partial charge in [0, 0.05) is 28.9 Å². The second-order valence-electron chi connectivity index (χ2n) is 4.74. The average Bonchev–Trinajstić information content (AvgIpc) is 2.80. The molecule has 2 aromatic rings. The van der Waals surface area contributed by atoms with Gasteiger partial charge in [-0.25, -0.2) is 4.79 Å². The Labute approximate surface area is 114 Å². The molecule has 0 aliphatic rings. The quantitative estimate of drug-likeness (QED) is 0.641. The predicted octanol–water partition coefficient (Wildman–Crippen LogP) is 1.84. The zero-order chi connectivity index (χ0) is 14.9. The standard InChI is InChI=1S/C13H14N2O5/c1-13(12(16)17,15(18)19)6-8-7-14-11-4-3-9(20-2)5-10(8)11/h3-5,7,14H,6H2,1-2H3,(H,16,17). The van der Waals surface area contributed by atoms with Gasteiger partial charge < -0.3 is 14.8 Å². The van der Waals surface area contributed by atoms with Crippen molar-refractivity contribution in [2.45, 2.75) is 18.9 Å². The van der Waals surface area contributed by atoms with E-state index in [0.717, 1.165) is 17.8 Å². The van der Waals surface area contributed by atoms with Crippen molar-refractivity contribution < 1.29 is 19.6 Å². The molecule has 2 N–H and O–H groups in total. The van der Waals surface area contributed by atoms with Gasteiger partial charge in [-0.15, -0.1) is 0 Å². The van der Waals surface area contributed by atoms with E-state index in [1.165, 1.54) is 7.11 Å². The Hall–Kier alpha value is -2.57. The number of benzene rings is 1. The van der Waals surface area contributed by atoms with Crippen LogP contribution in [0.1, 0.15) is 12.5 Å². The maximum atomic E-state index is 11.2. The molecule has 1 unspecified atom stereocenters. The number of ether oxygens (including phenoxy) is 1. The van der Waals surface area contributed by atoms with Crippen molar-refractivity contribution in [3.05, 3.63) is 40.1 Å². The Bertz CT molecular complexity index is 662. The normalized spacial score (nSPS) is 13.9. The first-order chi connectivity index (χ1) is 9.38. The Morgan fingerprint density at radius 3 is 2.80 bits per heavy atom. The fourth-order valence-electron chi connectivity index (χ4n) is 2.02. The number of aromatic nitrogens is 1. The maximum Gasteiger partial charge on any atom is 0.382 e. The molecule has 7 heteroatoms. The van der Waals surface area contributed by atoms with E-state index in [1.807, 2.05) is 0 Å². The lowest BCUT2D eigenvalue weighted by Crippen LogP contribution is -2.45. The summed E-state index contributed by atoms with van der Waals surface area (Å²) in [5.41, 5.74) is -0.713. The molecular formula is C13H14N2O5. The van der Waals surface area contributed by atoms with Gasteiger partial charge in [0.05, 0.1) is 13.5 Å². The number of carboxylic acids is 1. The van der Waals surface area contributed by atoms with Gasteiger partial charge in [0.2, 0.25) is 0 Å². The van der Waals surface area contributed by atoms with E-state index in [1.54, 1.807) is 24.4 Å². The number of carbonyl (C=O) groups is 1. The summed E-state index contributed by atoms with van der Waals surface area (Å²) in [5, 5.41) is 20.9. The third-order valence-electron chi connectivity index (χ3n) is 3.37. The maximum absolute atomic E-state index is 11.2. The van der Waals surface area contributed by atoms with Crippen molar-refractivity contribution in [1.82, 2.24) is 4.98 Å². The van der Waals surface area contributed by atoms with Crippen LogP contribution in [0.4, 0.5) is 0 Å². The molecule has 7 nitrogen and oxygen atoms in total. The number of aromatic amines is 1. The van der Waals surface area contributed by atoms with Crippen LogP contribution < -0.4 is 4.74 Å². The number of rotatable bonds is 5. The van der Waals surface area contributed by atoms with Gasteiger partial charge in [-0.1, -0.05) is 0 Å². The van der Waals surface area contributed by atoms with Crippen molar-refractivity contribution in [3.63, 3.8) is 0 Å². The lowest BCUT2D eigenvalue weighted by atomic mass is 9.93. The van der Waals surface area contributed by atoms with Crippen molar-refractivity contribution in [2.75, 3.05) is 7.11 Å². The summed E-state index contributed by atoms with van der Waals surface area (Å²) in [6, 6.07) is 5.26. The summed E-state index contributed by atoms with van der Waals surface area (Å²) >= 11 is 0. The first-order valence-electron chi connectivity index (χ1n) is 5.90. The second-order valence-corrected chi connectivity index (χ2v) is 4.74. The molecule has 0 spiro atoms. The summed E-state index contributed by atoms with van der Waals surface area (Å²) in [4.78, 5) is 24.4. The van der Waals surface area contributed by atoms with E-state index in [-0.39, 0.29) is 6.42 Å². The Morgan fingerprint density at radius 1 is 1.55 bits per heavy atom. The van der Waals surface area contributed by atoms with Crippen molar-refractivity contribution in [3.8, 4) is 5.75 Å². The largest absolute Gasteiger partial charge is 0.497 e. The molecule has 2 rings (SSSR count). The van der Waals surface area contributed by atoms with E-state index >= 15 is 0 Å². The Morgan fingerprint density at radius 2 is 2.25 bits per heavy atom. The molecule has 1 aromatic heterocycles. The molecule has 0 radical (unpaired) electrons. The predicted molar refractivity (Wildman–Crippen MR) is 71.6 cm³/mol. The highest BCUT2D eigenvalue weighted by Crippen LogP contribution is 2.27. The number of fused-ring (bicyclic) bond motifs is 1. The van der Waals surface area contributed by atoms with Crippen molar-refractivity contribution in [2.24, 2.45) is 0 Å². The van der Waals surface area contributed by atoms with Crippen LogP contribution in [0.2, 0.25) is 0 Å². The fraction of sp³-hybridized carbons (Fsp3) is 0.308. The van der Waals surface area contributed by atoms with E-state index < -0.39 is 16.4 Å². The molecule has 1 atom stereocenters. The number of hydrogen-bond donors (Lipinski definition) is 2. The van der Waals surface area contributed by atoms with Crippen LogP contribution in [-0.2, 0) is 11.2 Å². The van der Waals surface area contributed by atoms with Gasteiger partial charge in [0.1, 0.15) is 5.75 Å². The number of hydrogen-bond acceptors (Lipinski definition) is 4. The highest BCUT2D eigenvalue weighted by atomic mass is 16.6. The van der Waals surface area contributed by atoms with Crippen molar-refractivity contribution >= 4 is 16.9 Å². The zero-order valence-corrected chi connectivity index (χ0v) is 11.0. The first-order valence-corrected chi connectivity index (χ1v) is 5.90. The molecule has 0 aliphatic carbocycles. The van der Waals surface area contributed by atoms with E-state index in [9.17, 15) is 14.9 Å². The SMILES string of the molecule is COc1ccc2[nH]cc(CC(C)(C(=O)O)[N+](=O)[O-])c2c1. The Balaban J connectivity index is 2.48. The molecular weight excluding hydrogens is 264 g/mol. The number of carboxylic acid groups (broad SMARTS) is 1. The summed E-state index contributed by atoms with van der Waals surface area (Å²) < 4.78 is 5.11. The van der Waals surface area contributed by atoms with Crippen LogP contribution in [0.3, 0.4) is 0 Å². The highest BCUT2D eigenvalue weighted by Gasteiger charge is 2.46. The van der Waals surface area contributed by atoms with Gasteiger partial charge in [-0.05, 0) is 23.8 Å². The smallest absolute Gasteiger partial charge is 0.382 e. The summed E-state index contributed by atoms with van der Waals surface area (Å²) in [6.07, 6.45) is 1.39. The molecule has 0 amide bonds. The molecule has 0 saturated carbocycles. The van der Waals surface area contributed by atoms with E-state index in [2.05, 4.69) is 4.98 Å². The number of aliphatic carboxylic acids is 1. The fourth-order valence-corrected chi connectivity index (χ4v) is 2.02. The van der Waals surface area contributed by atoms with Crippen LogP contribution in [0.15, 0.2) is 24.4 Å². The molecule has 0 fully saturated rings. The Kier molecular flexibility index (Phi) is 3.35. The van der Waals surface area contributed by atoms with Crippen LogP contribution in [-0.4, -0.2) is 33.6 Å². The summed E-state index contributed by atoms with van der Waals surface area (Å²) in [7, 11) is 1.52. The van der Waals surface area contributed by atoms with Gasteiger partial charge in [-0.3, -0.25) is 10.1 Å².